The summed E-state index contributed by atoms with van der Waals surface area (Å²) in [4.78, 5) is 15.2. The Bertz CT molecular complexity index is 1280. The molecule has 4 rings (SSSR count). The molecule has 1 amide bonds. The van der Waals surface area contributed by atoms with E-state index in [-0.39, 0.29) is 23.1 Å². The third-order valence-electron chi connectivity index (χ3n) is 5.97. The molecule has 7 nitrogen and oxygen atoms in total. The fourth-order valence-electron chi connectivity index (χ4n) is 4.21. The van der Waals surface area contributed by atoms with Crippen molar-refractivity contribution in [3.8, 4) is 0 Å². The summed E-state index contributed by atoms with van der Waals surface area (Å²) in [6, 6.07) is 18.5. The molecule has 33 heavy (non-hydrogen) atoms. The monoisotopic (exact) mass is 464 g/mol. The number of nitrogens with one attached hydrogen (secondary N) is 2. The maximum absolute atomic E-state index is 13.4. The van der Waals surface area contributed by atoms with Crippen molar-refractivity contribution in [2.45, 2.75) is 36.6 Å². The van der Waals surface area contributed by atoms with E-state index in [4.69, 9.17) is 11.1 Å². The molecule has 1 atom stereocenters. The quantitative estimate of drug-likeness (QED) is 0.368. The predicted molar refractivity (Wildman–Crippen MR) is 130 cm³/mol. The summed E-state index contributed by atoms with van der Waals surface area (Å²) < 4.78 is 29.3. The number of benzene rings is 3. The van der Waals surface area contributed by atoms with Crippen LogP contribution >= 0.6 is 0 Å². The van der Waals surface area contributed by atoms with E-state index >= 15 is 0 Å². The van der Waals surface area contributed by atoms with E-state index in [2.05, 4.69) is 4.72 Å². The Labute approximate surface area is 194 Å². The van der Waals surface area contributed by atoms with Crippen LogP contribution < -0.4 is 10.5 Å². The number of carbonyl (C=O) groups is 1. The Morgan fingerprint density at radius 3 is 2.42 bits per heavy atom. The van der Waals surface area contributed by atoms with Gasteiger partial charge in [-0.15, -0.1) is 0 Å². The zero-order valence-corrected chi connectivity index (χ0v) is 19.1. The summed E-state index contributed by atoms with van der Waals surface area (Å²) in [7, 11) is -3.95. The molecule has 1 aliphatic heterocycles. The summed E-state index contributed by atoms with van der Waals surface area (Å²) in [5.41, 5.74) is 6.88. The van der Waals surface area contributed by atoms with Gasteiger partial charge in [-0.3, -0.25) is 10.2 Å². The summed E-state index contributed by atoms with van der Waals surface area (Å²) in [6.45, 7) is 1.25. The van der Waals surface area contributed by atoms with Gasteiger partial charge >= 0.3 is 0 Å². The van der Waals surface area contributed by atoms with E-state index in [1.807, 2.05) is 30.3 Å². The van der Waals surface area contributed by atoms with Gasteiger partial charge in [0.05, 0.1) is 4.90 Å². The van der Waals surface area contributed by atoms with Crippen molar-refractivity contribution in [1.82, 2.24) is 9.62 Å². The highest BCUT2D eigenvalue weighted by molar-refractivity contribution is 7.89. The van der Waals surface area contributed by atoms with Gasteiger partial charge in [0.25, 0.3) is 0 Å². The van der Waals surface area contributed by atoms with Gasteiger partial charge in [-0.2, -0.15) is 4.72 Å². The van der Waals surface area contributed by atoms with Crippen LogP contribution in [0.1, 0.15) is 30.4 Å². The number of amides is 1. The molecule has 3 aromatic carbocycles. The second kappa shape index (κ2) is 9.72. The van der Waals surface area contributed by atoms with Crippen LogP contribution in [-0.4, -0.2) is 44.2 Å². The maximum atomic E-state index is 13.4. The van der Waals surface area contributed by atoms with Gasteiger partial charge in [0, 0.05) is 18.7 Å². The fraction of sp³-hybridized carbons (Fsp3) is 0.280. The highest BCUT2D eigenvalue weighted by Gasteiger charge is 2.30. The first kappa shape index (κ1) is 22.9. The normalized spacial score (nSPS) is 15.3. The van der Waals surface area contributed by atoms with Crippen molar-refractivity contribution >= 4 is 32.5 Å². The number of nitrogen functional groups attached to an aromatic ring is 1. The highest BCUT2D eigenvalue weighted by atomic mass is 32.2. The molecule has 0 aliphatic carbocycles. The highest BCUT2D eigenvalue weighted by Crippen LogP contribution is 2.20. The first-order valence-corrected chi connectivity index (χ1v) is 12.5. The Morgan fingerprint density at radius 1 is 0.970 bits per heavy atom. The van der Waals surface area contributed by atoms with Crippen LogP contribution in [0.4, 0.5) is 0 Å². The second-order valence-corrected chi connectivity index (χ2v) is 10.1. The smallest absolute Gasteiger partial charge is 0.241 e. The molecule has 0 aromatic heterocycles. The van der Waals surface area contributed by atoms with Gasteiger partial charge in [-0.1, -0.05) is 48.5 Å². The summed E-state index contributed by atoms with van der Waals surface area (Å²) in [5, 5.41) is 9.43. The molecule has 0 unspecified atom stereocenters. The Hall–Kier alpha value is -3.23. The number of amidine groups is 1. The lowest BCUT2D eigenvalue weighted by molar-refractivity contribution is -0.133. The molecule has 0 radical (unpaired) electrons. The zero-order valence-electron chi connectivity index (χ0n) is 18.3. The molecule has 3 aromatic rings. The topological polar surface area (TPSA) is 116 Å². The molecule has 1 fully saturated rings. The Kier molecular flexibility index (Phi) is 6.76. The number of hydrogen-bond donors (Lipinski definition) is 3. The van der Waals surface area contributed by atoms with Crippen molar-refractivity contribution in [3.63, 3.8) is 0 Å². The largest absolute Gasteiger partial charge is 0.384 e. The maximum Gasteiger partial charge on any atom is 0.241 e. The Morgan fingerprint density at radius 2 is 1.70 bits per heavy atom. The van der Waals surface area contributed by atoms with Gasteiger partial charge in [-0.25, -0.2) is 8.42 Å². The van der Waals surface area contributed by atoms with E-state index in [0.717, 1.165) is 35.6 Å². The predicted octanol–water partition coefficient (Wildman–Crippen LogP) is 3.03. The third kappa shape index (κ3) is 5.40. The molecule has 1 heterocycles. The van der Waals surface area contributed by atoms with Crippen molar-refractivity contribution in [3.05, 3.63) is 77.9 Å². The first-order chi connectivity index (χ1) is 15.8. The average molecular weight is 465 g/mol. The lowest BCUT2D eigenvalue weighted by Gasteiger charge is -2.31. The molecule has 0 saturated carbocycles. The SMILES string of the molecule is N=C(N)c1cccc(C[C@H](NS(=O)(=O)c2ccc3ccccc3c2)C(=O)N2CCCCC2)c1. The van der Waals surface area contributed by atoms with Crippen LogP contribution in [0.15, 0.2) is 71.6 Å². The number of hydrogen-bond acceptors (Lipinski definition) is 4. The van der Waals surface area contributed by atoms with E-state index < -0.39 is 16.1 Å². The molecule has 4 N–H and O–H groups in total. The molecular weight excluding hydrogens is 436 g/mol. The van der Waals surface area contributed by atoms with E-state index in [1.54, 1.807) is 41.3 Å². The molecule has 1 saturated heterocycles. The van der Waals surface area contributed by atoms with Gasteiger partial charge in [-0.05, 0) is 60.2 Å². The molecule has 1 aliphatic rings. The van der Waals surface area contributed by atoms with E-state index in [0.29, 0.717) is 18.7 Å². The average Bonchev–Trinajstić information content (AvgIpc) is 2.83. The van der Waals surface area contributed by atoms with Crippen molar-refractivity contribution in [2.75, 3.05) is 13.1 Å². The zero-order chi connectivity index (χ0) is 23.4. The van der Waals surface area contributed by atoms with E-state index in [9.17, 15) is 13.2 Å². The third-order valence-corrected chi connectivity index (χ3v) is 7.44. The second-order valence-electron chi connectivity index (χ2n) is 8.39. The van der Waals surface area contributed by atoms with Gasteiger partial charge in [0.15, 0.2) is 0 Å². The van der Waals surface area contributed by atoms with Crippen molar-refractivity contribution < 1.29 is 13.2 Å². The van der Waals surface area contributed by atoms with E-state index in [1.165, 1.54) is 0 Å². The van der Waals surface area contributed by atoms with Crippen LogP contribution in [0.25, 0.3) is 10.8 Å². The Balaban J connectivity index is 1.64. The number of likely N-dealkylation sites (tertiary alicyclic amines) is 1. The standard InChI is InChI=1S/C25H28N4O3S/c26-24(27)21-10-6-7-18(15-21)16-23(25(30)29-13-4-1-5-14-29)28-33(31,32)22-12-11-19-8-2-3-9-20(19)17-22/h2-3,6-12,15,17,23,28H,1,4-5,13-14,16H2,(H3,26,27)/t23-/m0/s1. The van der Waals surface area contributed by atoms with Crippen LogP contribution in [0.5, 0.6) is 0 Å². The lowest BCUT2D eigenvalue weighted by Crippen LogP contribution is -2.50. The summed E-state index contributed by atoms with van der Waals surface area (Å²) >= 11 is 0. The minimum Gasteiger partial charge on any atom is -0.384 e. The molecular formula is C25H28N4O3S. The van der Waals surface area contributed by atoms with Crippen molar-refractivity contribution in [2.24, 2.45) is 5.73 Å². The number of nitrogens with two attached hydrogens (primary N) is 1. The van der Waals surface area contributed by atoms with Gasteiger partial charge < -0.3 is 10.6 Å². The fourth-order valence-corrected chi connectivity index (χ4v) is 5.43. The number of sulfonamides is 1. The van der Waals surface area contributed by atoms with Crippen LogP contribution in [0.2, 0.25) is 0 Å². The van der Waals surface area contributed by atoms with Crippen LogP contribution in [0, 0.1) is 5.41 Å². The molecule has 172 valence electrons. The minimum atomic E-state index is -3.95. The molecule has 0 spiro atoms. The number of nitrogens with zero attached hydrogens (tertiary/aromatic N) is 1. The molecule has 0 bridgehead atoms. The number of piperidine rings is 1. The number of carbonyl (C=O) groups excluding carboxylic acids is 1. The van der Waals surface area contributed by atoms with Gasteiger partial charge in [0.2, 0.25) is 15.9 Å². The summed E-state index contributed by atoms with van der Waals surface area (Å²) in [6.07, 6.45) is 3.06. The number of fused-ring (bicyclic) bond motifs is 1. The number of rotatable bonds is 7. The first-order valence-electron chi connectivity index (χ1n) is 11.1. The summed E-state index contributed by atoms with van der Waals surface area (Å²) in [5.74, 6) is -0.306. The van der Waals surface area contributed by atoms with Gasteiger partial charge in [0.1, 0.15) is 11.9 Å². The van der Waals surface area contributed by atoms with Crippen LogP contribution in [-0.2, 0) is 21.2 Å². The van der Waals surface area contributed by atoms with Crippen molar-refractivity contribution in [1.29, 1.82) is 5.41 Å². The molecule has 8 heteroatoms. The lowest BCUT2D eigenvalue weighted by atomic mass is 10.0. The minimum absolute atomic E-state index is 0.0764. The van der Waals surface area contributed by atoms with Crippen LogP contribution in [0.3, 0.4) is 0 Å².